The Hall–Kier alpha value is 0. The van der Waals surface area contributed by atoms with Crippen LogP contribution in [0.4, 0.5) is 0 Å². The monoisotopic (exact) mass is 140 g/mol. The fourth-order valence-electron chi connectivity index (χ4n) is 2.22. The van der Waals surface area contributed by atoms with E-state index in [0.717, 1.165) is 5.92 Å². The highest BCUT2D eigenvalue weighted by Crippen LogP contribution is 2.52. The molecule has 0 saturated heterocycles. The molecule has 0 amide bonds. The molecule has 0 nitrogen and oxygen atoms in total. The van der Waals surface area contributed by atoms with Gasteiger partial charge in [0.25, 0.3) is 0 Å². The van der Waals surface area contributed by atoms with Gasteiger partial charge in [-0.1, -0.05) is 40.0 Å². The average Bonchev–Trinajstić information content (AvgIpc) is 2.72. The van der Waals surface area contributed by atoms with E-state index in [4.69, 9.17) is 0 Å². The third kappa shape index (κ3) is 1.53. The van der Waals surface area contributed by atoms with Gasteiger partial charge in [-0.15, -0.1) is 0 Å². The summed E-state index contributed by atoms with van der Waals surface area (Å²) >= 11 is 0. The average molecular weight is 140 g/mol. The molecule has 3 atom stereocenters. The molecule has 0 aromatic carbocycles. The maximum atomic E-state index is 2.42. The molecule has 0 bridgehead atoms. The van der Waals surface area contributed by atoms with Crippen LogP contribution in [-0.2, 0) is 0 Å². The van der Waals surface area contributed by atoms with Crippen LogP contribution in [0.3, 0.4) is 0 Å². The Kier molecular flexibility index (Phi) is 2.76. The fraction of sp³-hybridized carbons (Fsp3) is 1.00. The first-order valence-electron chi connectivity index (χ1n) is 4.88. The van der Waals surface area contributed by atoms with Crippen LogP contribution in [0.2, 0.25) is 0 Å². The fourth-order valence-corrected chi connectivity index (χ4v) is 2.22. The minimum atomic E-state index is 1.08. The molecule has 60 valence electrons. The lowest BCUT2D eigenvalue weighted by atomic mass is 9.91. The minimum absolute atomic E-state index is 1.08. The topological polar surface area (TPSA) is 0 Å². The second-order valence-electron chi connectivity index (χ2n) is 3.57. The van der Waals surface area contributed by atoms with Gasteiger partial charge in [-0.05, 0) is 24.2 Å². The first-order chi connectivity index (χ1) is 4.88. The van der Waals surface area contributed by atoms with Crippen molar-refractivity contribution < 1.29 is 0 Å². The summed E-state index contributed by atoms with van der Waals surface area (Å²) in [5.41, 5.74) is 0. The van der Waals surface area contributed by atoms with E-state index < -0.39 is 0 Å². The van der Waals surface area contributed by atoms with Crippen LogP contribution in [0, 0.1) is 17.8 Å². The van der Waals surface area contributed by atoms with Crippen molar-refractivity contribution in [1.82, 2.24) is 0 Å². The molecule has 2 aliphatic rings. The molecule has 0 aliphatic heterocycles. The summed E-state index contributed by atoms with van der Waals surface area (Å²) in [6, 6.07) is 0. The zero-order chi connectivity index (χ0) is 7.56. The first kappa shape index (κ1) is 8.10. The van der Waals surface area contributed by atoms with Crippen molar-refractivity contribution in [3.05, 3.63) is 0 Å². The van der Waals surface area contributed by atoms with Crippen molar-refractivity contribution >= 4 is 0 Å². The molecule has 0 spiro atoms. The molecule has 3 unspecified atom stereocenters. The molecule has 10 heavy (non-hydrogen) atoms. The Morgan fingerprint density at radius 3 is 2.30 bits per heavy atom. The van der Waals surface area contributed by atoms with Crippen LogP contribution in [0.5, 0.6) is 0 Å². The van der Waals surface area contributed by atoms with Crippen molar-refractivity contribution in [2.24, 2.45) is 17.8 Å². The molecule has 0 aromatic heterocycles. The molecule has 0 aromatic rings. The smallest absolute Gasteiger partial charge is 0.0357 e. The standard InChI is InChI=1S/C8H14.C2H6/c1-6-3-2-4-7-5-8(6)7;1-2/h6-8H,2-5H2,1H3;1-2H3. The molecule has 2 fully saturated rings. The molecule has 0 N–H and O–H groups in total. The van der Waals surface area contributed by atoms with Gasteiger partial charge in [0.2, 0.25) is 0 Å². The van der Waals surface area contributed by atoms with Crippen molar-refractivity contribution in [2.75, 3.05) is 0 Å². The van der Waals surface area contributed by atoms with Crippen LogP contribution in [0.25, 0.3) is 0 Å². The summed E-state index contributed by atoms with van der Waals surface area (Å²) < 4.78 is 0. The van der Waals surface area contributed by atoms with Gasteiger partial charge in [0, 0.05) is 0 Å². The predicted octanol–water partition coefficient (Wildman–Crippen LogP) is 3.47. The number of hydrogen-bond donors (Lipinski definition) is 0. The largest absolute Gasteiger partial charge is 0.0683 e. The summed E-state index contributed by atoms with van der Waals surface area (Å²) in [7, 11) is 0. The zero-order valence-corrected chi connectivity index (χ0v) is 7.56. The lowest BCUT2D eigenvalue weighted by Gasteiger charge is -2.15. The Morgan fingerprint density at radius 2 is 1.80 bits per heavy atom. The highest BCUT2D eigenvalue weighted by atomic mass is 14.5. The van der Waals surface area contributed by atoms with Gasteiger partial charge in [0.1, 0.15) is 0 Å². The summed E-state index contributed by atoms with van der Waals surface area (Å²) in [4.78, 5) is 0. The van der Waals surface area contributed by atoms with Crippen molar-refractivity contribution in [3.8, 4) is 0 Å². The zero-order valence-electron chi connectivity index (χ0n) is 7.56. The normalized spacial score (nSPS) is 42.9. The van der Waals surface area contributed by atoms with Crippen LogP contribution in [-0.4, -0.2) is 0 Å². The highest BCUT2D eigenvalue weighted by molar-refractivity contribution is 4.92. The summed E-state index contributed by atoms with van der Waals surface area (Å²) in [6.07, 6.45) is 6.15. The molecule has 0 heterocycles. The van der Waals surface area contributed by atoms with Gasteiger partial charge in [-0.25, -0.2) is 0 Å². The van der Waals surface area contributed by atoms with E-state index in [9.17, 15) is 0 Å². The van der Waals surface area contributed by atoms with Crippen molar-refractivity contribution in [3.63, 3.8) is 0 Å². The van der Waals surface area contributed by atoms with Gasteiger partial charge in [-0.2, -0.15) is 0 Å². The second kappa shape index (κ2) is 3.41. The molecular formula is C10H20. The first-order valence-corrected chi connectivity index (χ1v) is 4.88. The lowest BCUT2D eigenvalue weighted by molar-refractivity contribution is 0.362. The molecule has 2 aliphatic carbocycles. The minimum Gasteiger partial charge on any atom is -0.0683 e. The van der Waals surface area contributed by atoms with Crippen LogP contribution in [0.1, 0.15) is 46.5 Å². The van der Waals surface area contributed by atoms with Gasteiger partial charge >= 0.3 is 0 Å². The van der Waals surface area contributed by atoms with E-state index in [2.05, 4.69) is 6.92 Å². The maximum absolute atomic E-state index is 2.42. The van der Waals surface area contributed by atoms with Gasteiger partial charge in [-0.3, -0.25) is 0 Å². The number of hydrogen-bond acceptors (Lipinski definition) is 0. The Bertz CT molecular complexity index is 96.2. The third-order valence-electron chi connectivity index (χ3n) is 2.94. The van der Waals surface area contributed by atoms with Gasteiger partial charge in [0.05, 0.1) is 0 Å². The van der Waals surface area contributed by atoms with E-state index in [1.165, 1.54) is 24.7 Å². The molecule has 0 radical (unpaired) electrons. The van der Waals surface area contributed by atoms with E-state index >= 15 is 0 Å². The second-order valence-corrected chi connectivity index (χ2v) is 3.57. The van der Waals surface area contributed by atoms with Crippen LogP contribution in [0.15, 0.2) is 0 Å². The van der Waals surface area contributed by atoms with Crippen molar-refractivity contribution in [1.29, 1.82) is 0 Å². The summed E-state index contributed by atoms with van der Waals surface area (Å²) in [6.45, 7) is 6.42. The van der Waals surface area contributed by atoms with Gasteiger partial charge < -0.3 is 0 Å². The SMILES string of the molecule is CC.CC1CCCC2CC12. The van der Waals surface area contributed by atoms with E-state index in [-0.39, 0.29) is 0 Å². The summed E-state index contributed by atoms with van der Waals surface area (Å²) in [5.74, 6) is 3.43. The quantitative estimate of drug-likeness (QED) is 0.483. The molecular weight excluding hydrogens is 120 g/mol. The predicted molar refractivity (Wildman–Crippen MR) is 46.0 cm³/mol. The van der Waals surface area contributed by atoms with E-state index in [0.29, 0.717) is 0 Å². The van der Waals surface area contributed by atoms with Crippen molar-refractivity contribution in [2.45, 2.75) is 46.5 Å². The number of rotatable bonds is 0. The molecule has 2 rings (SSSR count). The third-order valence-corrected chi connectivity index (χ3v) is 2.94. The number of fused-ring (bicyclic) bond motifs is 1. The Morgan fingerprint density at radius 1 is 1.10 bits per heavy atom. The summed E-state index contributed by atoms with van der Waals surface area (Å²) in [5, 5.41) is 0. The van der Waals surface area contributed by atoms with Crippen LogP contribution >= 0.6 is 0 Å². The highest BCUT2D eigenvalue weighted by Gasteiger charge is 2.42. The molecule has 2 saturated carbocycles. The maximum Gasteiger partial charge on any atom is -0.0357 e. The lowest BCUT2D eigenvalue weighted by Crippen LogP contribution is -2.04. The van der Waals surface area contributed by atoms with Gasteiger partial charge in [0.15, 0.2) is 0 Å². The van der Waals surface area contributed by atoms with E-state index in [1.807, 2.05) is 13.8 Å². The molecule has 0 heteroatoms. The Balaban J connectivity index is 0.000000231. The van der Waals surface area contributed by atoms with Crippen LogP contribution < -0.4 is 0 Å². The van der Waals surface area contributed by atoms with E-state index in [1.54, 1.807) is 12.8 Å². The Labute approximate surface area is 65.0 Å².